The molecule has 1 atom stereocenters. The van der Waals surface area contributed by atoms with Gasteiger partial charge in [-0.2, -0.15) is 0 Å². The highest BCUT2D eigenvalue weighted by atomic mass is 35.5. The van der Waals surface area contributed by atoms with Gasteiger partial charge >= 0.3 is 0 Å². The molecule has 17 heavy (non-hydrogen) atoms. The van der Waals surface area contributed by atoms with Crippen molar-refractivity contribution in [3.05, 3.63) is 23.4 Å². The van der Waals surface area contributed by atoms with Gasteiger partial charge in [-0.25, -0.2) is 4.98 Å². The third kappa shape index (κ3) is 2.40. The molecular weight excluding hydrogens is 234 g/mol. The molecule has 3 nitrogen and oxygen atoms in total. The summed E-state index contributed by atoms with van der Waals surface area (Å²) in [6.07, 6.45) is 4.52. The molecule has 4 heteroatoms. The SMILES string of the molecule is C[C@H]1CN(C2CC2)CCN1c1ccc(Cl)cn1. The summed E-state index contributed by atoms with van der Waals surface area (Å²) in [6, 6.07) is 5.35. The van der Waals surface area contributed by atoms with E-state index >= 15 is 0 Å². The molecule has 2 heterocycles. The Balaban J connectivity index is 1.69. The van der Waals surface area contributed by atoms with Gasteiger partial charge in [0.05, 0.1) is 5.02 Å². The monoisotopic (exact) mass is 251 g/mol. The molecule has 92 valence electrons. The van der Waals surface area contributed by atoms with E-state index in [9.17, 15) is 0 Å². The van der Waals surface area contributed by atoms with E-state index in [4.69, 9.17) is 11.6 Å². The second kappa shape index (κ2) is 4.46. The molecule has 0 radical (unpaired) electrons. The Labute approximate surface area is 107 Å². The first-order chi connectivity index (χ1) is 8.24. The zero-order valence-corrected chi connectivity index (χ0v) is 10.9. The fourth-order valence-electron chi connectivity index (χ4n) is 2.64. The van der Waals surface area contributed by atoms with Crippen molar-refractivity contribution >= 4 is 17.4 Å². The quantitative estimate of drug-likeness (QED) is 0.805. The van der Waals surface area contributed by atoms with Crippen LogP contribution in [0.1, 0.15) is 19.8 Å². The van der Waals surface area contributed by atoms with Crippen molar-refractivity contribution in [2.24, 2.45) is 0 Å². The van der Waals surface area contributed by atoms with Crippen molar-refractivity contribution in [2.45, 2.75) is 31.8 Å². The molecule has 0 spiro atoms. The van der Waals surface area contributed by atoms with E-state index in [0.717, 1.165) is 24.9 Å². The topological polar surface area (TPSA) is 19.4 Å². The first-order valence-corrected chi connectivity index (χ1v) is 6.74. The van der Waals surface area contributed by atoms with Gasteiger partial charge in [-0.15, -0.1) is 0 Å². The summed E-state index contributed by atoms with van der Waals surface area (Å²) < 4.78 is 0. The smallest absolute Gasteiger partial charge is 0.128 e. The van der Waals surface area contributed by atoms with Crippen LogP contribution in [0.2, 0.25) is 5.02 Å². The molecule has 1 aliphatic heterocycles. The molecule has 0 amide bonds. The predicted molar refractivity (Wildman–Crippen MR) is 70.7 cm³/mol. The lowest BCUT2D eigenvalue weighted by atomic mass is 10.2. The molecule has 1 aliphatic carbocycles. The van der Waals surface area contributed by atoms with Crippen molar-refractivity contribution in [1.82, 2.24) is 9.88 Å². The Hall–Kier alpha value is -0.800. The number of piperazine rings is 1. The molecule has 0 bridgehead atoms. The molecule has 2 fully saturated rings. The third-order valence-electron chi connectivity index (χ3n) is 3.73. The van der Waals surface area contributed by atoms with Gasteiger partial charge in [0.2, 0.25) is 0 Å². The lowest BCUT2D eigenvalue weighted by Gasteiger charge is -2.40. The van der Waals surface area contributed by atoms with Gasteiger partial charge in [0.25, 0.3) is 0 Å². The summed E-state index contributed by atoms with van der Waals surface area (Å²) in [7, 11) is 0. The average molecular weight is 252 g/mol. The summed E-state index contributed by atoms with van der Waals surface area (Å²) >= 11 is 5.87. The molecule has 0 N–H and O–H groups in total. The van der Waals surface area contributed by atoms with Crippen LogP contribution in [-0.2, 0) is 0 Å². The van der Waals surface area contributed by atoms with Crippen LogP contribution in [0.15, 0.2) is 18.3 Å². The largest absolute Gasteiger partial charge is 0.351 e. The van der Waals surface area contributed by atoms with Gasteiger partial charge < -0.3 is 4.90 Å². The third-order valence-corrected chi connectivity index (χ3v) is 3.95. The van der Waals surface area contributed by atoms with E-state index in [1.54, 1.807) is 6.20 Å². The van der Waals surface area contributed by atoms with Gasteiger partial charge in [0.1, 0.15) is 5.82 Å². The van der Waals surface area contributed by atoms with E-state index in [1.807, 2.05) is 12.1 Å². The van der Waals surface area contributed by atoms with Crippen molar-refractivity contribution in [1.29, 1.82) is 0 Å². The van der Waals surface area contributed by atoms with Gasteiger partial charge in [-0.05, 0) is 31.9 Å². The zero-order valence-electron chi connectivity index (χ0n) is 10.1. The number of aromatic nitrogens is 1. The average Bonchev–Trinajstić information content (AvgIpc) is 3.14. The van der Waals surface area contributed by atoms with Crippen molar-refractivity contribution in [3.63, 3.8) is 0 Å². The second-order valence-electron chi connectivity index (χ2n) is 5.10. The molecule has 0 aromatic carbocycles. The summed E-state index contributed by atoms with van der Waals surface area (Å²) in [4.78, 5) is 9.42. The second-order valence-corrected chi connectivity index (χ2v) is 5.54. The van der Waals surface area contributed by atoms with Crippen LogP contribution in [-0.4, -0.2) is 41.6 Å². The van der Waals surface area contributed by atoms with Gasteiger partial charge in [0.15, 0.2) is 0 Å². The maximum atomic E-state index is 5.87. The highest BCUT2D eigenvalue weighted by Gasteiger charge is 2.34. The zero-order chi connectivity index (χ0) is 11.8. The highest BCUT2D eigenvalue weighted by Crippen LogP contribution is 2.30. The standard InChI is InChI=1S/C13H18ClN3/c1-10-9-16(12-3-4-12)6-7-17(10)13-5-2-11(14)8-15-13/h2,5,8,10,12H,3-4,6-7,9H2,1H3/t10-/m0/s1. The lowest BCUT2D eigenvalue weighted by molar-refractivity contribution is 0.219. The summed E-state index contributed by atoms with van der Waals surface area (Å²) in [5.74, 6) is 1.05. The molecule has 0 unspecified atom stereocenters. The Kier molecular flexibility index (Phi) is 2.97. The van der Waals surface area contributed by atoms with Gasteiger partial charge in [0, 0.05) is 37.9 Å². The van der Waals surface area contributed by atoms with E-state index in [-0.39, 0.29) is 0 Å². The van der Waals surface area contributed by atoms with Gasteiger partial charge in [-0.1, -0.05) is 11.6 Å². The Morgan fingerprint density at radius 1 is 1.29 bits per heavy atom. The fourth-order valence-corrected chi connectivity index (χ4v) is 2.75. The van der Waals surface area contributed by atoms with Crippen molar-refractivity contribution in [2.75, 3.05) is 24.5 Å². The minimum Gasteiger partial charge on any atom is -0.351 e. The first kappa shape index (κ1) is 11.3. The van der Waals surface area contributed by atoms with Crippen molar-refractivity contribution in [3.8, 4) is 0 Å². The maximum absolute atomic E-state index is 5.87. The van der Waals surface area contributed by atoms with E-state index < -0.39 is 0 Å². The van der Waals surface area contributed by atoms with Crippen LogP contribution < -0.4 is 4.90 Å². The summed E-state index contributed by atoms with van der Waals surface area (Å²) in [5, 5.41) is 0.706. The number of nitrogens with zero attached hydrogens (tertiary/aromatic N) is 3. The number of pyridine rings is 1. The Bertz CT molecular complexity index is 388. The molecule has 3 rings (SSSR count). The predicted octanol–water partition coefficient (Wildman–Crippen LogP) is 2.41. The van der Waals surface area contributed by atoms with Crippen LogP contribution >= 0.6 is 11.6 Å². The summed E-state index contributed by atoms with van der Waals surface area (Å²) in [5.41, 5.74) is 0. The van der Waals surface area contributed by atoms with E-state index in [1.165, 1.54) is 19.4 Å². The van der Waals surface area contributed by atoms with E-state index in [0.29, 0.717) is 11.1 Å². The number of hydrogen-bond donors (Lipinski definition) is 0. The minimum absolute atomic E-state index is 0.540. The highest BCUT2D eigenvalue weighted by molar-refractivity contribution is 6.30. The van der Waals surface area contributed by atoms with Crippen LogP contribution in [0.4, 0.5) is 5.82 Å². The molecule has 1 saturated heterocycles. The number of halogens is 1. The van der Waals surface area contributed by atoms with Crippen LogP contribution in [0.3, 0.4) is 0 Å². The molecular formula is C13H18ClN3. The molecule has 1 aromatic rings. The minimum atomic E-state index is 0.540. The van der Waals surface area contributed by atoms with Crippen LogP contribution in [0.25, 0.3) is 0 Å². The number of rotatable bonds is 2. The van der Waals surface area contributed by atoms with Crippen LogP contribution in [0.5, 0.6) is 0 Å². The van der Waals surface area contributed by atoms with Gasteiger partial charge in [-0.3, -0.25) is 4.90 Å². The van der Waals surface area contributed by atoms with Crippen LogP contribution in [0, 0.1) is 0 Å². The number of anilines is 1. The van der Waals surface area contributed by atoms with E-state index in [2.05, 4.69) is 21.7 Å². The van der Waals surface area contributed by atoms with Crippen molar-refractivity contribution < 1.29 is 0 Å². The summed E-state index contributed by atoms with van der Waals surface area (Å²) in [6.45, 7) is 5.69. The number of hydrogen-bond acceptors (Lipinski definition) is 3. The molecule has 1 saturated carbocycles. The Morgan fingerprint density at radius 3 is 2.71 bits per heavy atom. The fraction of sp³-hybridized carbons (Fsp3) is 0.615. The lowest BCUT2D eigenvalue weighted by Crippen LogP contribution is -2.52. The Morgan fingerprint density at radius 2 is 2.12 bits per heavy atom. The normalized spacial score (nSPS) is 26.2. The maximum Gasteiger partial charge on any atom is 0.128 e. The molecule has 1 aromatic heterocycles. The molecule has 2 aliphatic rings. The first-order valence-electron chi connectivity index (χ1n) is 6.36.